The number of amides is 2. The van der Waals surface area contributed by atoms with E-state index >= 15 is 0 Å². The van der Waals surface area contributed by atoms with E-state index < -0.39 is 54.1 Å². The third-order valence-electron chi connectivity index (χ3n) is 7.80. The summed E-state index contributed by atoms with van der Waals surface area (Å²) in [6, 6.07) is 10.2. The molecule has 38 heavy (non-hydrogen) atoms. The second-order valence-electron chi connectivity index (χ2n) is 10.7. The van der Waals surface area contributed by atoms with Crippen molar-refractivity contribution < 1.29 is 33.4 Å². The van der Waals surface area contributed by atoms with Gasteiger partial charge in [-0.2, -0.15) is 0 Å². The van der Waals surface area contributed by atoms with Crippen LogP contribution in [-0.4, -0.2) is 39.9 Å². The number of carboxylic acids is 1. The average molecular weight is 588 g/mol. The molecule has 1 heterocycles. The first-order valence-electron chi connectivity index (χ1n) is 12.8. The van der Waals surface area contributed by atoms with Gasteiger partial charge < -0.3 is 9.84 Å². The highest BCUT2D eigenvalue weighted by molar-refractivity contribution is 9.10. The van der Waals surface area contributed by atoms with E-state index in [1.807, 2.05) is 13.8 Å². The molecule has 4 atom stereocenters. The van der Waals surface area contributed by atoms with Gasteiger partial charge in [0.25, 0.3) is 11.8 Å². The Morgan fingerprint density at radius 2 is 1.89 bits per heavy atom. The Balaban J connectivity index is 1.81. The first kappa shape index (κ1) is 28.0. The molecule has 0 saturated heterocycles. The normalized spacial score (nSPS) is 25.3. The van der Waals surface area contributed by atoms with Gasteiger partial charge in [0.2, 0.25) is 0 Å². The van der Waals surface area contributed by atoms with Crippen LogP contribution in [0.25, 0.3) is 0 Å². The predicted octanol–water partition coefficient (Wildman–Crippen LogP) is 5.49. The monoisotopic (exact) mass is 587 g/mol. The fourth-order valence-electron chi connectivity index (χ4n) is 5.74. The van der Waals surface area contributed by atoms with E-state index in [0.717, 1.165) is 17.7 Å². The molecule has 2 aromatic carbocycles. The van der Waals surface area contributed by atoms with Gasteiger partial charge in [-0.1, -0.05) is 67.4 Å². The van der Waals surface area contributed by atoms with Gasteiger partial charge in [-0.15, -0.1) is 0 Å². The first-order chi connectivity index (χ1) is 18.0. The molecule has 0 radical (unpaired) electrons. The lowest BCUT2D eigenvalue weighted by atomic mass is 9.71. The van der Waals surface area contributed by atoms with Gasteiger partial charge in [-0.25, -0.2) is 4.39 Å². The summed E-state index contributed by atoms with van der Waals surface area (Å²) in [6.07, 6.45) is 1.04. The van der Waals surface area contributed by atoms with Crippen molar-refractivity contribution in [3.63, 3.8) is 0 Å². The highest BCUT2D eigenvalue weighted by Crippen LogP contribution is 2.42. The number of fused-ring (bicyclic) bond motifs is 1. The minimum Gasteiger partial charge on any atom is -0.481 e. The zero-order chi connectivity index (χ0) is 27.8. The van der Waals surface area contributed by atoms with E-state index in [-0.39, 0.29) is 28.5 Å². The van der Waals surface area contributed by atoms with Crippen LogP contribution in [0, 0.1) is 23.6 Å². The van der Waals surface area contributed by atoms with Gasteiger partial charge in [0, 0.05) is 15.6 Å². The second-order valence-corrected chi connectivity index (χ2v) is 11.6. The number of ether oxygens (including phenoxy) is 1. The Bertz CT molecular complexity index is 1280. The van der Waals surface area contributed by atoms with Gasteiger partial charge in [-0.3, -0.25) is 24.1 Å². The Morgan fingerprint density at radius 3 is 2.55 bits per heavy atom. The van der Waals surface area contributed by atoms with Crippen molar-refractivity contribution in [3.05, 3.63) is 69.4 Å². The van der Waals surface area contributed by atoms with Crippen molar-refractivity contribution in [2.45, 2.75) is 64.5 Å². The van der Waals surface area contributed by atoms with Crippen molar-refractivity contribution in [1.29, 1.82) is 0 Å². The smallest absolute Gasteiger partial charge is 0.327 e. The molecular formula is C29H31BrFNO6. The van der Waals surface area contributed by atoms with Crippen LogP contribution in [0.1, 0.15) is 67.9 Å². The zero-order valence-corrected chi connectivity index (χ0v) is 23.2. The molecule has 1 saturated carbocycles. The number of esters is 1. The highest BCUT2D eigenvalue weighted by Gasteiger charge is 2.59. The Morgan fingerprint density at radius 1 is 1.18 bits per heavy atom. The van der Waals surface area contributed by atoms with Gasteiger partial charge in [0.1, 0.15) is 11.9 Å². The number of carbonyl (C=O) groups excluding carboxylic acids is 3. The van der Waals surface area contributed by atoms with Crippen LogP contribution >= 0.6 is 15.9 Å². The first-order valence-corrected chi connectivity index (χ1v) is 13.6. The molecule has 1 N–H and O–H groups in total. The summed E-state index contributed by atoms with van der Waals surface area (Å²) in [6.45, 7) is 5.69. The van der Waals surface area contributed by atoms with Gasteiger partial charge >= 0.3 is 11.9 Å². The third-order valence-corrected chi connectivity index (χ3v) is 8.29. The molecule has 7 nitrogen and oxygen atoms in total. The summed E-state index contributed by atoms with van der Waals surface area (Å²) in [5.74, 6) is -4.23. The molecule has 202 valence electrons. The molecule has 0 spiro atoms. The van der Waals surface area contributed by atoms with E-state index in [2.05, 4.69) is 22.9 Å². The molecule has 4 rings (SSSR count). The van der Waals surface area contributed by atoms with Crippen molar-refractivity contribution in [2.75, 3.05) is 0 Å². The van der Waals surface area contributed by atoms with E-state index in [4.69, 9.17) is 4.74 Å². The molecule has 1 aliphatic heterocycles. The van der Waals surface area contributed by atoms with Gasteiger partial charge in [0.15, 0.2) is 5.41 Å². The van der Waals surface area contributed by atoms with Crippen LogP contribution in [0.2, 0.25) is 0 Å². The largest absolute Gasteiger partial charge is 0.481 e. The predicted molar refractivity (Wildman–Crippen MR) is 141 cm³/mol. The molecule has 1 fully saturated rings. The second kappa shape index (κ2) is 11.0. The van der Waals surface area contributed by atoms with E-state index in [9.17, 15) is 28.7 Å². The Labute approximate surface area is 229 Å². The number of rotatable bonds is 7. The molecule has 9 heteroatoms. The maximum absolute atomic E-state index is 14.7. The maximum atomic E-state index is 14.7. The lowest BCUT2D eigenvalue weighted by Gasteiger charge is -2.42. The number of aliphatic carboxylic acids is 1. The lowest BCUT2D eigenvalue weighted by molar-refractivity contribution is -0.171. The fraction of sp³-hybridized carbons (Fsp3) is 0.448. The topological polar surface area (TPSA) is 101 Å². The van der Waals surface area contributed by atoms with Crippen molar-refractivity contribution in [2.24, 2.45) is 17.8 Å². The number of nitrogens with zero attached hydrogens (tertiary/aromatic N) is 1. The Hall–Kier alpha value is -3.07. The number of benzene rings is 2. The van der Waals surface area contributed by atoms with Crippen molar-refractivity contribution >= 4 is 39.7 Å². The lowest BCUT2D eigenvalue weighted by Crippen LogP contribution is -2.59. The SMILES string of the molecule is CC(C)[C@@H]1CC[C@@H](C)C[C@H]1OC(=O)[C@]1(CC(=O)O)C(=O)N(Cc2ccc(Br)cc2F)C(=O)c2ccccc21. The van der Waals surface area contributed by atoms with Gasteiger partial charge in [-0.05, 0) is 54.4 Å². The summed E-state index contributed by atoms with van der Waals surface area (Å²) in [7, 11) is 0. The third kappa shape index (κ3) is 5.13. The van der Waals surface area contributed by atoms with Crippen LogP contribution in [0.5, 0.6) is 0 Å². The summed E-state index contributed by atoms with van der Waals surface area (Å²) in [5, 5.41) is 9.90. The zero-order valence-electron chi connectivity index (χ0n) is 21.6. The van der Waals surface area contributed by atoms with Crippen LogP contribution < -0.4 is 0 Å². The van der Waals surface area contributed by atoms with Crippen LogP contribution in [0.4, 0.5) is 4.39 Å². The average Bonchev–Trinajstić information content (AvgIpc) is 2.85. The summed E-state index contributed by atoms with van der Waals surface area (Å²) < 4.78 is 21.2. The van der Waals surface area contributed by atoms with Crippen LogP contribution in [0.15, 0.2) is 46.9 Å². The molecular weight excluding hydrogens is 557 g/mol. The fourth-order valence-corrected chi connectivity index (χ4v) is 6.08. The number of hydrogen-bond acceptors (Lipinski definition) is 5. The maximum Gasteiger partial charge on any atom is 0.327 e. The molecule has 2 aromatic rings. The quantitative estimate of drug-likeness (QED) is 0.261. The number of carbonyl (C=O) groups is 4. The number of carboxylic acid groups (broad SMARTS) is 1. The minimum atomic E-state index is -2.29. The van der Waals surface area contributed by atoms with Gasteiger partial charge in [0.05, 0.1) is 13.0 Å². The van der Waals surface area contributed by atoms with E-state index in [1.54, 1.807) is 18.2 Å². The summed E-state index contributed by atoms with van der Waals surface area (Å²) in [5.41, 5.74) is -2.22. The summed E-state index contributed by atoms with van der Waals surface area (Å²) in [4.78, 5) is 54.6. The minimum absolute atomic E-state index is 0.000108. The number of halogens is 2. The van der Waals surface area contributed by atoms with E-state index in [0.29, 0.717) is 16.8 Å². The molecule has 2 aliphatic rings. The molecule has 0 bridgehead atoms. The van der Waals surface area contributed by atoms with Crippen molar-refractivity contribution in [3.8, 4) is 0 Å². The standard InChI is InChI=1S/C29H31BrFNO6/c1-16(2)20-11-8-17(3)12-24(20)38-28(37)29(14-25(33)34)22-7-5-4-6-21(22)26(35)32(27(29)36)15-18-9-10-19(30)13-23(18)31/h4-7,9-10,13,16-17,20,24H,8,11-12,14-15H2,1-3H3,(H,33,34)/t17-,20+,24-,29+/m1/s1. The Kier molecular flexibility index (Phi) is 8.06. The molecule has 0 unspecified atom stereocenters. The molecule has 1 aliphatic carbocycles. The summed E-state index contributed by atoms with van der Waals surface area (Å²) >= 11 is 3.18. The molecule has 2 amide bonds. The number of imide groups is 1. The van der Waals surface area contributed by atoms with Crippen molar-refractivity contribution in [1.82, 2.24) is 4.90 Å². The molecule has 0 aromatic heterocycles. The van der Waals surface area contributed by atoms with E-state index in [1.165, 1.54) is 24.3 Å². The van der Waals surface area contributed by atoms with Crippen LogP contribution in [0.3, 0.4) is 0 Å². The number of hydrogen-bond donors (Lipinski definition) is 1. The van der Waals surface area contributed by atoms with Crippen LogP contribution in [-0.2, 0) is 31.1 Å². The highest BCUT2D eigenvalue weighted by atomic mass is 79.9.